The first kappa shape index (κ1) is 13.9. The molecule has 2 N–H and O–H groups in total. The van der Waals surface area contributed by atoms with Gasteiger partial charge in [-0.1, -0.05) is 0 Å². The molecule has 2 heterocycles. The van der Waals surface area contributed by atoms with E-state index in [1.807, 2.05) is 19.1 Å². The smallest absolute Gasteiger partial charge is 0.175 e. The zero-order valence-electron chi connectivity index (χ0n) is 11.3. The first-order chi connectivity index (χ1) is 9.56. The largest absolute Gasteiger partial charge is 0.486 e. The van der Waals surface area contributed by atoms with E-state index in [0.717, 1.165) is 32.2 Å². The van der Waals surface area contributed by atoms with Gasteiger partial charge in [-0.15, -0.1) is 11.3 Å². The molecule has 106 valence electrons. The van der Waals surface area contributed by atoms with Crippen LogP contribution in [-0.4, -0.2) is 18.2 Å². The first-order valence-electron chi connectivity index (χ1n) is 6.35. The summed E-state index contributed by atoms with van der Waals surface area (Å²) < 4.78 is 12.1. The number of aromatic nitrogens is 1. The number of halogens is 1. The maximum atomic E-state index is 6.33. The van der Waals surface area contributed by atoms with Crippen LogP contribution >= 0.6 is 27.3 Å². The van der Waals surface area contributed by atoms with Crippen LogP contribution in [-0.2, 0) is 0 Å². The van der Waals surface area contributed by atoms with Crippen LogP contribution < -0.4 is 15.2 Å². The van der Waals surface area contributed by atoms with Crippen LogP contribution in [0, 0.1) is 13.8 Å². The number of hydrogen-bond acceptors (Lipinski definition) is 5. The van der Waals surface area contributed by atoms with Crippen molar-refractivity contribution in [2.75, 3.05) is 13.2 Å². The fourth-order valence-corrected chi connectivity index (χ4v) is 3.61. The number of fused-ring (bicyclic) bond motifs is 1. The molecule has 0 spiro atoms. The summed E-state index contributed by atoms with van der Waals surface area (Å²) in [4.78, 5) is 5.74. The second-order valence-corrected chi connectivity index (χ2v) is 6.79. The topological polar surface area (TPSA) is 57.4 Å². The number of rotatable bonds is 2. The van der Waals surface area contributed by atoms with Crippen molar-refractivity contribution in [3.8, 4) is 11.5 Å². The van der Waals surface area contributed by atoms with Crippen molar-refractivity contribution in [2.45, 2.75) is 19.9 Å². The molecule has 1 aromatic carbocycles. The Morgan fingerprint density at radius 2 is 2.05 bits per heavy atom. The van der Waals surface area contributed by atoms with Gasteiger partial charge in [0, 0.05) is 4.88 Å². The molecule has 6 heteroatoms. The molecule has 0 saturated heterocycles. The lowest BCUT2D eigenvalue weighted by Crippen LogP contribution is -2.17. The van der Waals surface area contributed by atoms with Gasteiger partial charge in [-0.25, -0.2) is 4.98 Å². The molecular weight excluding hydrogens is 340 g/mol. The molecule has 2 aromatic rings. The van der Waals surface area contributed by atoms with Crippen molar-refractivity contribution in [3.05, 3.63) is 37.7 Å². The van der Waals surface area contributed by atoms with Crippen molar-refractivity contribution in [1.29, 1.82) is 0 Å². The van der Waals surface area contributed by atoms with Crippen molar-refractivity contribution >= 4 is 27.3 Å². The highest BCUT2D eigenvalue weighted by Gasteiger charge is 2.21. The Labute approximate surface area is 130 Å². The minimum Gasteiger partial charge on any atom is -0.486 e. The second-order valence-electron chi connectivity index (χ2n) is 4.70. The molecule has 0 amide bonds. The van der Waals surface area contributed by atoms with Gasteiger partial charge in [-0.2, -0.15) is 0 Å². The van der Waals surface area contributed by atoms with Gasteiger partial charge in [-0.05, 0) is 47.5 Å². The third kappa shape index (κ3) is 2.43. The Bertz CT molecular complexity index is 637. The van der Waals surface area contributed by atoms with E-state index in [9.17, 15) is 0 Å². The summed E-state index contributed by atoms with van der Waals surface area (Å²) in [6, 6.07) is 3.67. The van der Waals surface area contributed by atoms with Gasteiger partial charge >= 0.3 is 0 Å². The van der Waals surface area contributed by atoms with Crippen molar-refractivity contribution < 1.29 is 9.47 Å². The van der Waals surface area contributed by atoms with Crippen LogP contribution in [0.5, 0.6) is 11.5 Å². The highest BCUT2D eigenvalue weighted by molar-refractivity contribution is 9.10. The van der Waals surface area contributed by atoms with Gasteiger partial charge in [0.05, 0.1) is 16.2 Å². The van der Waals surface area contributed by atoms with Crippen molar-refractivity contribution in [3.63, 3.8) is 0 Å². The SMILES string of the molecule is Cc1nc(C(N)c2cc(Br)c3c(c2)OCCO3)sc1C. The first-order valence-corrected chi connectivity index (χ1v) is 7.95. The van der Waals surface area contributed by atoms with Crippen LogP contribution in [0.1, 0.15) is 27.2 Å². The zero-order valence-corrected chi connectivity index (χ0v) is 13.7. The van der Waals surface area contributed by atoms with E-state index in [1.165, 1.54) is 4.88 Å². The Hall–Kier alpha value is -1.11. The van der Waals surface area contributed by atoms with Gasteiger partial charge in [0.1, 0.15) is 18.2 Å². The molecule has 3 rings (SSSR count). The van der Waals surface area contributed by atoms with E-state index in [2.05, 4.69) is 27.8 Å². The number of thiazole rings is 1. The molecule has 1 atom stereocenters. The molecule has 0 bridgehead atoms. The summed E-state index contributed by atoms with van der Waals surface area (Å²) in [5.41, 5.74) is 8.34. The van der Waals surface area contributed by atoms with E-state index < -0.39 is 0 Å². The molecule has 0 saturated carbocycles. The molecule has 0 aliphatic carbocycles. The highest BCUT2D eigenvalue weighted by atomic mass is 79.9. The quantitative estimate of drug-likeness (QED) is 0.898. The van der Waals surface area contributed by atoms with Gasteiger partial charge in [0.15, 0.2) is 11.5 Å². The van der Waals surface area contributed by atoms with Crippen LogP contribution in [0.2, 0.25) is 0 Å². The molecule has 0 radical (unpaired) electrons. The average molecular weight is 355 g/mol. The number of nitrogens with two attached hydrogens (primary N) is 1. The molecule has 0 fully saturated rings. The molecule has 1 unspecified atom stereocenters. The summed E-state index contributed by atoms with van der Waals surface area (Å²) in [6.45, 7) is 5.19. The number of ether oxygens (including phenoxy) is 2. The lowest BCUT2D eigenvalue weighted by Gasteiger charge is -2.21. The van der Waals surface area contributed by atoms with Gasteiger partial charge < -0.3 is 15.2 Å². The Morgan fingerprint density at radius 3 is 2.75 bits per heavy atom. The van der Waals surface area contributed by atoms with Crippen molar-refractivity contribution in [1.82, 2.24) is 4.98 Å². The molecular formula is C14H15BrN2O2S. The Balaban J connectivity index is 1.99. The zero-order chi connectivity index (χ0) is 14.3. The van der Waals surface area contributed by atoms with Crippen molar-refractivity contribution in [2.24, 2.45) is 5.73 Å². The van der Waals surface area contributed by atoms with Gasteiger partial charge in [0.25, 0.3) is 0 Å². The predicted octanol–water partition coefficient (Wildman–Crippen LogP) is 3.34. The third-order valence-corrected chi connectivity index (χ3v) is 5.03. The van der Waals surface area contributed by atoms with Crippen LogP contribution in [0.4, 0.5) is 0 Å². The lowest BCUT2D eigenvalue weighted by molar-refractivity contribution is 0.170. The minimum atomic E-state index is -0.250. The number of aryl methyl sites for hydroxylation is 2. The van der Waals surface area contributed by atoms with Gasteiger partial charge in [-0.3, -0.25) is 0 Å². The maximum absolute atomic E-state index is 6.33. The number of benzene rings is 1. The van der Waals surface area contributed by atoms with E-state index in [0.29, 0.717) is 13.2 Å². The number of hydrogen-bond donors (Lipinski definition) is 1. The van der Waals surface area contributed by atoms with E-state index in [-0.39, 0.29) is 6.04 Å². The Kier molecular flexibility index (Phi) is 3.70. The second kappa shape index (κ2) is 5.35. The molecule has 1 aliphatic rings. The maximum Gasteiger partial charge on any atom is 0.175 e. The standard InChI is InChI=1S/C14H15BrN2O2S/c1-7-8(2)20-14(17-7)12(16)9-5-10(15)13-11(6-9)18-3-4-19-13/h5-6,12H,3-4,16H2,1-2H3. The summed E-state index contributed by atoms with van der Waals surface area (Å²) in [5, 5.41) is 0.920. The van der Waals surface area contributed by atoms with Crippen LogP contribution in [0.15, 0.2) is 16.6 Å². The molecule has 1 aliphatic heterocycles. The molecule has 4 nitrogen and oxygen atoms in total. The van der Waals surface area contributed by atoms with E-state index >= 15 is 0 Å². The van der Waals surface area contributed by atoms with Crippen LogP contribution in [0.25, 0.3) is 0 Å². The van der Waals surface area contributed by atoms with E-state index in [4.69, 9.17) is 15.2 Å². The summed E-state index contributed by atoms with van der Waals surface area (Å²) in [5.74, 6) is 1.49. The monoisotopic (exact) mass is 354 g/mol. The summed E-state index contributed by atoms with van der Waals surface area (Å²) in [6.07, 6.45) is 0. The fraction of sp³-hybridized carbons (Fsp3) is 0.357. The average Bonchev–Trinajstić information content (AvgIpc) is 2.78. The summed E-state index contributed by atoms with van der Waals surface area (Å²) in [7, 11) is 0. The molecule has 20 heavy (non-hydrogen) atoms. The lowest BCUT2D eigenvalue weighted by atomic mass is 10.1. The Morgan fingerprint density at radius 1 is 1.30 bits per heavy atom. The molecule has 1 aromatic heterocycles. The van der Waals surface area contributed by atoms with Gasteiger partial charge in [0.2, 0.25) is 0 Å². The van der Waals surface area contributed by atoms with E-state index in [1.54, 1.807) is 11.3 Å². The number of nitrogens with zero attached hydrogens (tertiary/aromatic N) is 1. The minimum absolute atomic E-state index is 0.250. The predicted molar refractivity (Wildman–Crippen MR) is 82.8 cm³/mol. The fourth-order valence-electron chi connectivity index (χ4n) is 2.08. The normalized spacial score (nSPS) is 15.2. The van der Waals surface area contributed by atoms with Crippen LogP contribution in [0.3, 0.4) is 0 Å². The highest BCUT2D eigenvalue weighted by Crippen LogP contribution is 2.40. The third-order valence-electron chi connectivity index (χ3n) is 3.29. The summed E-state index contributed by atoms with van der Waals surface area (Å²) >= 11 is 5.15.